The van der Waals surface area contributed by atoms with Gasteiger partial charge in [-0.1, -0.05) is 0 Å². The Labute approximate surface area is 102 Å². The van der Waals surface area contributed by atoms with Crippen LogP contribution in [0.15, 0.2) is 18.2 Å². The van der Waals surface area contributed by atoms with Crippen molar-refractivity contribution in [2.24, 2.45) is 5.73 Å². The Morgan fingerprint density at radius 2 is 2.06 bits per heavy atom. The standard InChI is InChI=1S/C12H12F2N2O2/c13-8-1-2-9(14)7(5-8)6-16-11(17)4-3-10(15)12(16)18/h1-2,5,10H,3-4,6,15H2. The zero-order valence-electron chi connectivity index (χ0n) is 9.53. The number of carbonyl (C=O) groups excluding carboxylic acids is 2. The summed E-state index contributed by atoms with van der Waals surface area (Å²) >= 11 is 0. The Morgan fingerprint density at radius 3 is 2.78 bits per heavy atom. The lowest BCUT2D eigenvalue weighted by Gasteiger charge is -2.28. The van der Waals surface area contributed by atoms with Gasteiger partial charge in [-0.25, -0.2) is 8.78 Å². The van der Waals surface area contributed by atoms with Crippen LogP contribution in [0.5, 0.6) is 0 Å². The summed E-state index contributed by atoms with van der Waals surface area (Å²) in [5, 5.41) is 0. The summed E-state index contributed by atoms with van der Waals surface area (Å²) < 4.78 is 26.4. The summed E-state index contributed by atoms with van der Waals surface area (Å²) in [6.45, 7) is -0.283. The van der Waals surface area contributed by atoms with Gasteiger partial charge in [0.1, 0.15) is 11.6 Å². The molecule has 0 spiro atoms. The molecular weight excluding hydrogens is 242 g/mol. The number of amides is 2. The van der Waals surface area contributed by atoms with Crippen molar-refractivity contribution >= 4 is 11.8 Å². The lowest BCUT2D eigenvalue weighted by atomic mass is 10.0. The summed E-state index contributed by atoms with van der Waals surface area (Å²) in [5.74, 6) is -2.23. The molecule has 18 heavy (non-hydrogen) atoms. The summed E-state index contributed by atoms with van der Waals surface area (Å²) in [6, 6.07) is 2.16. The molecule has 1 fully saturated rings. The third-order valence-electron chi connectivity index (χ3n) is 2.89. The molecule has 0 aliphatic carbocycles. The number of rotatable bonds is 2. The molecule has 6 heteroatoms. The van der Waals surface area contributed by atoms with Gasteiger partial charge in [0.05, 0.1) is 12.6 Å². The van der Waals surface area contributed by atoms with E-state index in [1.165, 1.54) is 0 Å². The maximum atomic E-state index is 13.4. The van der Waals surface area contributed by atoms with Gasteiger partial charge in [-0.05, 0) is 24.6 Å². The van der Waals surface area contributed by atoms with Gasteiger partial charge in [-0.3, -0.25) is 14.5 Å². The predicted octanol–water partition coefficient (Wildman–Crippen LogP) is 0.941. The quantitative estimate of drug-likeness (QED) is 0.799. The average Bonchev–Trinajstić information content (AvgIpc) is 2.34. The lowest BCUT2D eigenvalue weighted by molar-refractivity contribution is -0.149. The fourth-order valence-corrected chi connectivity index (χ4v) is 1.86. The molecule has 1 atom stereocenters. The van der Waals surface area contributed by atoms with Crippen LogP contribution in [-0.4, -0.2) is 22.8 Å². The van der Waals surface area contributed by atoms with Crippen molar-refractivity contribution in [2.75, 3.05) is 0 Å². The molecule has 1 saturated heterocycles. The molecule has 0 bridgehead atoms. The largest absolute Gasteiger partial charge is 0.320 e. The van der Waals surface area contributed by atoms with E-state index >= 15 is 0 Å². The molecule has 2 amide bonds. The molecular formula is C12H12F2N2O2. The van der Waals surface area contributed by atoms with E-state index in [2.05, 4.69) is 0 Å². The number of nitrogens with zero attached hydrogens (tertiary/aromatic N) is 1. The first-order valence-corrected chi connectivity index (χ1v) is 5.53. The SMILES string of the molecule is NC1CCC(=O)N(Cc2cc(F)ccc2F)C1=O. The maximum absolute atomic E-state index is 13.4. The summed E-state index contributed by atoms with van der Waals surface area (Å²) in [5.41, 5.74) is 5.50. The van der Waals surface area contributed by atoms with Gasteiger partial charge in [-0.2, -0.15) is 0 Å². The van der Waals surface area contributed by atoms with Crippen molar-refractivity contribution in [1.82, 2.24) is 4.90 Å². The van der Waals surface area contributed by atoms with Crippen molar-refractivity contribution in [3.05, 3.63) is 35.4 Å². The van der Waals surface area contributed by atoms with Crippen LogP contribution in [0.3, 0.4) is 0 Å². The number of hydrogen-bond donors (Lipinski definition) is 1. The molecule has 0 aromatic heterocycles. The monoisotopic (exact) mass is 254 g/mol. The number of halogens is 2. The van der Waals surface area contributed by atoms with Gasteiger partial charge in [0.25, 0.3) is 0 Å². The van der Waals surface area contributed by atoms with E-state index in [9.17, 15) is 18.4 Å². The summed E-state index contributed by atoms with van der Waals surface area (Å²) in [6.07, 6.45) is 0.434. The molecule has 4 nitrogen and oxygen atoms in total. The van der Waals surface area contributed by atoms with Crippen molar-refractivity contribution in [1.29, 1.82) is 0 Å². The molecule has 1 heterocycles. The Balaban J connectivity index is 2.24. The van der Waals surface area contributed by atoms with Crippen molar-refractivity contribution in [3.8, 4) is 0 Å². The second kappa shape index (κ2) is 4.81. The second-order valence-corrected chi connectivity index (χ2v) is 4.20. The zero-order chi connectivity index (χ0) is 13.3. The fourth-order valence-electron chi connectivity index (χ4n) is 1.86. The number of hydrogen-bond acceptors (Lipinski definition) is 3. The van der Waals surface area contributed by atoms with Crippen LogP contribution >= 0.6 is 0 Å². The first kappa shape index (κ1) is 12.6. The Hall–Kier alpha value is -1.82. The number of piperidine rings is 1. The van der Waals surface area contributed by atoms with E-state index in [0.717, 1.165) is 23.1 Å². The number of imide groups is 1. The highest BCUT2D eigenvalue weighted by molar-refractivity contribution is 6.00. The van der Waals surface area contributed by atoms with E-state index in [-0.39, 0.29) is 18.5 Å². The molecule has 1 unspecified atom stereocenters. The highest BCUT2D eigenvalue weighted by Gasteiger charge is 2.32. The molecule has 0 saturated carbocycles. The molecule has 2 rings (SSSR count). The average molecular weight is 254 g/mol. The van der Waals surface area contributed by atoms with E-state index < -0.39 is 29.5 Å². The molecule has 1 aliphatic heterocycles. The van der Waals surface area contributed by atoms with Crippen LogP contribution in [0.25, 0.3) is 0 Å². The molecule has 0 radical (unpaired) electrons. The Morgan fingerprint density at radius 1 is 1.33 bits per heavy atom. The van der Waals surface area contributed by atoms with Crippen molar-refractivity contribution in [2.45, 2.75) is 25.4 Å². The van der Waals surface area contributed by atoms with Crippen LogP contribution in [0, 0.1) is 11.6 Å². The van der Waals surface area contributed by atoms with E-state index in [1.54, 1.807) is 0 Å². The summed E-state index contributed by atoms with van der Waals surface area (Å²) in [4.78, 5) is 24.2. The predicted molar refractivity (Wildman–Crippen MR) is 59.1 cm³/mol. The lowest BCUT2D eigenvalue weighted by Crippen LogP contribution is -2.50. The Kier molecular flexibility index (Phi) is 3.38. The van der Waals surface area contributed by atoms with Gasteiger partial charge in [0.15, 0.2) is 0 Å². The van der Waals surface area contributed by atoms with Crippen LogP contribution in [0.2, 0.25) is 0 Å². The fraction of sp³-hybridized carbons (Fsp3) is 0.333. The molecule has 1 aliphatic rings. The highest BCUT2D eigenvalue weighted by atomic mass is 19.1. The van der Waals surface area contributed by atoms with Crippen LogP contribution in [0.4, 0.5) is 8.78 Å². The zero-order valence-corrected chi connectivity index (χ0v) is 9.53. The maximum Gasteiger partial charge on any atom is 0.246 e. The minimum atomic E-state index is -0.751. The van der Waals surface area contributed by atoms with E-state index in [4.69, 9.17) is 5.73 Å². The third kappa shape index (κ3) is 2.38. The van der Waals surface area contributed by atoms with E-state index in [1.807, 2.05) is 0 Å². The first-order chi connectivity index (χ1) is 8.49. The Bertz CT molecular complexity index is 505. The van der Waals surface area contributed by atoms with Gasteiger partial charge in [0.2, 0.25) is 11.8 Å². The van der Waals surface area contributed by atoms with Crippen LogP contribution < -0.4 is 5.73 Å². The van der Waals surface area contributed by atoms with E-state index in [0.29, 0.717) is 6.42 Å². The topological polar surface area (TPSA) is 63.4 Å². The van der Waals surface area contributed by atoms with Crippen molar-refractivity contribution in [3.63, 3.8) is 0 Å². The van der Waals surface area contributed by atoms with Gasteiger partial charge < -0.3 is 5.73 Å². The number of carbonyl (C=O) groups is 2. The molecule has 2 N–H and O–H groups in total. The minimum Gasteiger partial charge on any atom is -0.320 e. The normalized spacial score (nSPS) is 20.4. The number of likely N-dealkylation sites (tertiary alicyclic amines) is 1. The molecule has 1 aromatic carbocycles. The first-order valence-electron chi connectivity index (χ1n) is 5.53. The number of nitrogens with two attached hydrogens (primary N) is 1. The third-order valence-corrected chi connectivity index (χ3v) is 2.89. The summed E-state index contributed by atoms with van der Waals surface area (Å²) in [7, 11) is 0. The van der Waals surface area contributed by atoms with Gasteiger partial charge in [0, 0.05) is 12.0 Å². The smallest absolute Gasteiger partial charge is 0.246 e. The van der Waals surface area contributed by atoms with Crippen LogP contribution in [-0.2, 0) is 16.1 Å². The van der Waals surface area contributed by atoms with Gasteiger partial charge in [-0.15, -0.1) is 0 Å². The minimum absolute atomic E-state index is 0.0363. The van der Waals surface area contributed by atoms with Crippen molar-refractivity contribution < 1.29 is 18.4 Å². The number of benzene rings is 1. The van der Waals surface area contributed by atoms with Crippen LogP contribution in [0.1, 0.15) is 18.4 Å². The highest BCUT2D eigenvalue weighted by Crippen LogP contribution is 2.18. The second-order valence-electron chi connectivity index (χ2n) is 4.20. The molecule has 96 valence electrons. The van der Waals surface area contributed by atoms with Gasteiger partial charge >= 0.3 is 0 Å². The molecule has 1 aromatic rings.